The van der Waals surface area contributed by atoms with Gasteiger partial charge < -0.3 is 14.9 Å². The Morgan fingerprint density at radius 3 is 2.26 bits per heavy atom. The highest BCUT2D eigenvalue weighted by Crippen LogP contribution is 2.41. The van der Waals surface area contributed by atoms with Gasteiger partial charge in [-0.1, -0.05) is 26.8 Å². The van der Waals surface area contributed by atoms with Crippen LogP contribution in [0.2, 0.25) is 18.1 Å². The molecule has 1 heterocycles. The second-order valence-electron chi connectivity index (χ2n) is 12.1. The van der Waals surface area contributed by atoms with Crippen molar-refractivity contribution >= 4 is 20.1 Å². The van der Waals surface area contributed by atoms with Gasteiger partial charge in [0.1, 0.15) is 22.9 Å². The summed E-state index contributed by atoms with van der Waals surface area (Å²) < 4.78 is 26.7. The molecule has 1 aliphatic rings. The van der Waals surface area contributed by atoms with Gasteiger partial charge in [-0.2, -0.15) is 0 Å². The van der Waals surface area contributed by atoms with E-state index in [9.17, 15) is 9.18 Å². The van der Waals surface area contributed by atoms with Crippen LogP contribution in [0.5, 0.6) is 0 Å². The summed E-state index contributed by atoms with van der Waals surface area (Å²) in [5, 5.41) is 0.190. The zero-order valence-corrected chi connectivity index (χ0v) is 23.4. The van der Waals surface area contributed by atoms with Crippen molar-refractivity contribution in [3.8, 4) is 11.3 Å². The standard InChI is InChI=1S/C27H40FN3O3Si/c1-26(2,3)33-25(32)20-14-11-18(15-21(20)28)23-24(29)30-16-22(31-23)17-9-12-19(13-10-17)34-35(7,8)27(4,5)6/h11,14-17,19H,9-10,12-13H2,1-8H3,(H2,29,30)/t17-,19-. The Kier molecular flexibility index (Phi) is 7.77. The first kappa shape index (κ1) is 27.3. The topological polar surface area (TPSA) is 87.3 Å². The average Bonchev–Trinajstić information content (AvgIpc) is 2.72. The molecule has 192 valence electrons. The van der Waals surface area contributed by atoms with Gasteiger partial charge in [0.05, 0.1) is 17.5 Å². The summed E-state index contributed by atoms with van der Waals surface area (Å²) in [5.74, 6) is -0.891. The van der Waals surface area contributed by atoms with Crippen molar-refractivity contribution in [2.24, 2.45) is 0 Å². The van der Waals surface area contributed by atoms with Crippen LogP contribution in [0.1, 0.15) is 89.2 Å². The fourth-order valence-corrected chi connectivity index (χ4v) is 5.47. The zero-order chi connectivity index (χ0) is 26.2. The molecule has 1 aliphatic carbocycles. The highest BCUT2D eigenvalue weighted by molar-refractivity contribution is 6.74. The van der Waals surface area contributed by atoms with Crippen molar-refractivity contribution in [2.45, 2.75) is 103 Å². The normalized spacial score (nSPS) is 19.5. The van der Waals surface area contributed by atoms with Crippen LogP contribution in [0.25, 0.3) is 11.3 Å². The van der Waals surface area contributed by atoms with E-state index in [0.29, 0.717) is 11.3 Å². The van der Waals surface area contributed by atoms with Gasteiger partial charge in [0, 0.05) is 17.6 Å². The Hall–Kier alpha value is -2.32. The minimum absolute atomic E-state index is 0.119. The molecule has 2 N–H and O–H groups in total. The number of nitrogens with two attached hydrogens (primary N) is 1. The van der Waals surface area contributed by atoms with Crippen LogP contribution in [0, 0.1) is 5.82 Å². The lowest BCUT2D eigenvalue weighted by molar-refractivity contribution is 0.00647. The smallest absolute Gasteiger partial charge is 0.341 e. The summed E-state index contributed by atoms with van der Waals surface area (Å²) in [6.45, 7) is 16.6. The predicted molar refractivity (Wildman–Crippen MR) is 140 cm³/mol. The molecule has 35 heavy (non-hydrogen) atoms. The van der Waals surface area contributed by atoms with Crippen molar-refractivity contribution in [2.75, 3.05) is 5.73 Å². The molecule has 1 saturated carbocycles. The molecule has 1 fully saturated rings. The second-order valence-corrected chi connectivity index (χ2v) is 16.8. The molecule has 3 rings (SSSR count). The summed E-state index contributed by atoms with van der Waals surface area (Å²) in [6.07, 6.45) is 5.90. The summed E-state index contributed by atoms with van der Waals surface area (Å²) in [7, 11) is -1.80. The molecule has 0 amide bonds. The van der Waals surface area contributed by atoms with Gasteiger partial charge in [0.15, 0.2) is 8.32 Å². The minimum Gasteiger partial charge on any atom is -0.456 e. The molecule has 0 radical (unpaired) electrons. The van der Waals surface area contributed by atoms with Crippen molar-refractivity contribution < 1.29 is 18.3 Å². The van der Waals surface area contributed by atoms with Crippen LogP contribution in [0.3, 0.4) is 0 Å². The molecule has 6 nitrogen and oxygen atoms in total. The first-order chi connectivity index (χ1) is 16.1. The molecule has 1 aromatic heterocycles. The maximum Gasteiger partial charge on any atom is 0.341 e. The highest BCUT2D eigenvalue weighted by Gasteiger charge is 2.40. The maximum absolute atomic E-state index is 14.8. The summed E-state index contributed by atoms with van der Waals surface area (Å²) in [5.41, 5.74) is 7.05. The summed E-state index contributed by atoms with van der Waals surface area (Å²) in [6, 6.07) is 4.32. The number of esters is 1. The molecule has 0 unspecified atom stereocenters. The number of carbonyl (C=O) groups excluding carboxylic acids is 1. The minimum atomic E-state index is -1.80. The van der Waals surface area contributed by atoms with Gasteiger partial charge in [-0.25, -0.2) is 19.2 Å². The fourth-order valence-electron chi connectivity index (χ4n) is 4.05. The molecule has 0 bridgehead atoms. The van der Waals surface area contributed by atoms with E-state index < -0.39 is 25.7 Å². The van der Waals surface area contributed by atoms with E-state index in [4.69, 9.17) is 19.9 Å². The second kappa shape index (κ2) is 9.97. The maximum atomic E-state index is 14.8. The van der Waals surface area contributed by atoms with Crippen LogP contribution >= 0.6 is 0 Å². The lowest BCUT2D eigenvalue weighted by Crippen LogP contribution is -2.44. The van der Waals surface area contributed by atoms with E-state index in [1.54, 1.807) is 33.0 Å². The van der Waals surface area contributed by atoms with E-state index in [-0.39, 0.29) is 28.4 Å². The highest BCUT2D eigenvalue weighted by atomic mass is 28.4. The van der Waals surface area contributed by atoms with Gasteiger partial charge in [0.2, 0.25) is 0 Å². The van der Waals surface area contributed by atoms with Crippen LogP contribution in [-0.4, -0.2) is 36.0 Å². The molecule has 0 aliphatic heterocycles. The number of hydrogen-bond acceptors (Lipinski definition) is 6. The monoisotopic (exact) mass is 501 g/mol. The first-order valence-corrected chi connectivity index (χ1v) is 15.3. The molecule has 0 atom stereocenters. The molecule has 1 aromatic carbocycles. The summed E-state index contributed by atoms with van der Waals surface area (Å²) in [4.78, 5) is 21.4. The van der Waals surface area contributed by atoms with Gasteiger partial charge in [-0.05, 0) is 76.7 Å². The Labute approximate surface area is 210 Å². The Balaban J connectivity index is 1.74. The average molecular weight is 502 g/mol. The number of carbonyl (C=O) groups is 1. The summed E-state index contributed by atoms with van der Waals surface area (Å²) >= 11 is 0. The first-order valence-electron chi connectivity index (χ1n) is 12.4. The van der Waals surface area contributed by atoms with Gasteiger partial charge in [-0.3, -0.25) is 0 Å². The zero-order valence-electron chi connectivity index (χ0n) is 22.4. The number of anilines is 1. The van der Waals surface area contributed by atoms with E-state index in [1.807, 2.05) is 0 Å². The Morgan fingerprint density at radius 1 is 1.09 bits per heavy atom. The third-order valence-electron chi connectivity index (χ3n) is 7.04. The lowest BCUT2D eigenvalue weighted by Gasteiger charge is -2.41. The van der Waals surface area contributed by atoms with E-state index >= 15 is 0 Å². The molecular weight excluding hydrogens is 461 g/mol. The molecular formula is C27H40FN3O3Si. The fraction of sp³-hybridized carbons (Fsp3) is 0.593. The van der Waals surface area contributed by atoms with Crippen LogP contribution in [0.15, 0.2) is 24.4 Å². The van der Waals surface area contributed by atoms with Crippen molar-refractivity contribution in [1.29, 1.82) is 0 Å². The third kappa shape index (κ3) is 6.67. The molecule has 2 aromatic rings. The predicted octanol–water partition coefficient (Wildman–Crippen LogP) is 6.87. The number of hydrogen-bond donors (Lipinski definition) is 1. The van der Waals surface area contributed by atoms with Crippen LogP contribution < -0.4 is 5.73 Å². The SMILES string of the molecule is CC(C)(C)OC(=O)c1ccc(-c2nc([C@H]3CC[C@H](O[Si](C)(C)C(C)(C)C)CC3)cnc2N)cc1F. The van der Waals surface area contributed by atoms with Gasteiger partial charge in [0.25, 0.3) is 0 Å². The largest absolute Gasteiger partial charge is 0.456 e. The number of aromatic nitrogens is 2. The number of rotatable bonds is 5. The lowest BCUT2D eigenvalue weighted by atomic mass is 9.85. The van der Waals surface area contributed by atoms with E-state index in [1.165, 1.54) is 12.1 Å². The van der Waals surface area contributed by atoms with E-state index in [0.717, 1.165) is 31.4 Å². The Morgan fingerprint density at radius 2 is 1.71 bits per heavy atom. The van der Waals surface area contributed by atoms with Crippen LogP contribution in [0.4, 0.5) is 10.2 Å². The number of ether oxygens (including phenoxy) is 1. The number of halogens is 1. The third-order valence-corrected chi connectivity index (χ3v) is 11.6. The number of benzene rings is 1. The Bertz CT molecular complexity index is 1070. The van der Waals surface area contributed by atoms with E-state index in [2.05, 4.69) is 38.8 Å². The molecule has 0 saturated heterocycles. The van der Waals surface area contributed by atoms with Crippen molar-refractivity contribution in [3.05, 3.63) is 41.5 Å². The van der Waals surface area contributed by atoms with Crippen molar-refractivity contribution in [3.63, 3.8) is 0 Å². The molecule has 8 heteroatoms. The molecule has 0 spiro atoms. The van der Waals surface area contributed by atoms with Gasteiger partial charge >= 0.3 is 5.97 Å². The van der Waals surface area contributed by atoms with Crippen LogP contribution in [-0.2, 0) is 9.16 Å². The van der Waals surface area contributed by atoms with Crippen molar-refractivity contribution in [1.82, 2.24) is 9.97 Å². The quantitative estimate of drug-likeness (QED) is 0.355. The number of nitrogens with zero attached hydrogens (tertiary/aromatic N) is 2. The van der Waals surface area contributed by atoms with Gasteiger partial charge in [-0.15, -0.1) is 0 Å². The number of nitrogen functional groups attached to an aromatic ring is 1.